The maximum Gasteiger partial charge on any atom is 0.239 e. The third-order valence-corrected chi connectivity index (χ3v) is 4.50. The van der Waals surface area contributed by atoms with E-state index in [-0.39, 0.29) is 6.04 Å². The average Bonchev–Trinajstić information content (AvgIpc) is 2.68. The van der Waals surface area contributed by atoms with Gasteiger partial charge in [-0.05, 0) is 50.5 Å². The van der Waals surface area contributed by atoms with Crippen LogP contribution in [-0.4, -0.2) is 36.0 Å². The van der Waals surface area contributed by atoms with E-state index in [1.54, 1.807) is 0 Å². The SMILES string of the molecule is CCCNC1CCCN(C2CCC(C)(C)C2)C1=O. The molecule has 2 atom stereocenters. The van der Waals surface area contributed by atoms with Gasteiger partial charge in [-0.25, -0.2) is 0 Å². The molecule has 2 unspecified atom stereocenters. The lowest BCUT2D eigenvalue weighted by molar-refractivity contribution is -0.138. The van der Waals surface area contributed by atoms with Crippen molar-refractivity contribution in [2.24, 2.45) is 5.41 Å². The molecule has 1 saturated carbocycles. The van der Waals surface area contributed by atoms with Crippen molar-refractivity contribution in [1.29, 1.82) is 0 Å². The number of nitrogens with one attached hydrogen (secondary N) is 1. The van der Waals surface area contributed by atoms with Gasteiger partial charge in [0.25, 0.3) is 0 Å². The van der Waals surface area contributed by atoms with Crippen LogP contribution in [0.1, 0.15) is 59.3 Å². The highest BCUT2D eigenvalue weighted by molar-refractivity contribution is 5.83. The van der Waals surface area contributed by atoms with E-state index in [1.165, 1.54) is 19.3 Å². The van der Waals surface area contributed by atoms with E-state index in [9.17, 15) is 4.79 Å². The van der Waals surface area contributed by atoms with E-state index in [4.69, 9.17) is 0 Å². The first kappa shape index (κ1) is 13.9. The summed E-state index contributed by atoms with van der Waals surface area (Å²) in [6.45, 7) is 8.74. The predicted octanol–water partition coefficient (Wildman–Crippen LogP) is 2.56. The number of carbonyl (C=O) groups is 1. The maximum absolute atomic E-state index is 12.5. The molecule has 18 heavy (non-hydrogen) atoms. The smallest absolute Gasteiger partial charge is 0.239 e. The summed E-state index contributed by atoms with van der Waals surface area (Å²) >= 11 is 0. The van der Waals surface area contributed by atoms with Crippen LogP contribution in [0, 0.1) is 5.41 Å². The Balaban J connectivity index is 1.94. The number of carbonyl (C=O) groups excluding carboxylic acids is 1. The Morgan fingerprint density at radius 2 is 2.17 bits per heavy atom. The number of piperidine rings is 1. The molecular weight excluding hydrogens is 224 g/mol. The fraction of sp³-hybridized carbons (Fsp3) is 0.933. The summed E-state index contributed by atoms with van der Waals surface area (Å²) in [4.78, 5) is 14.7. The van der Waals surface area contributed by atoms with Crippen molar-refractivity contribution in [3.63, 3.8) is 0 Å². The first-order valence-corrected chi connectivity index (χ1v) is 7.57. The van der Waals surface area contributed by atoms with Crippen molar-refractivity contribution < 1.29 is 4.79 Å². The molecule has 1 amide bonds. The highest BCUT2D eigenvalue weighted by Gasteiger charge is 2.39. The minimum absolute atomic E-state index is 0.0856. The molecule has 0 aromatic carbocycles. The minimum Gasteiger partial charge on any atom is -0.338 e. The Hall–Kier alpha value is -0.570. The quantitative estimate of drug-likeness (QED) is 0.834. The molecule has 2 fully saturated rings. The van der Waals surface area contributed by atoms with Gasteiger partial charge >= 0.3 is 0 Å². The van der Waals surface area contributed by atoms with Crippen LogP contribution in [0.25, 0.3) is 0 Å². The summed E-state index contributed by atoms with van der Waals surface area (Å²) in [5.74, 6) is 0.359. The summed E-state index contributed by atoms with van der Waals surface area (Å²) in [7, 11) is 0. The molecule has 1 N–H and O–H groups in total. The van der Waals surface area contributed by atoms with Crippen molar-refractivity contribution in [1.82, 2.24) is 10.2 Å². The lowest BCUT2D eigenvalue weighted by atomic mass is 9.91. The van der Waals surface area contributed by atoms with Crippen molar-refractivity contribution in [3.8, 4) is 0 Å². The molecule has 2 aliphatic rings. The zero-order chi connectivity index (χ0) is 13.2. The summed E-state index contributed by atoms with van der Waals surface area (Å²) in [5.41, 5.74) is 0.425. The second kappa shape index (κ2) is 5.60. The summed E-state index contributed by atoms with van der Waals surface area (Å²) in [6, 6.07) is 0.584. The van der Waals surface area contributed by atoms with E-state index in [0.29, 0.717) is 17.4 Å². The molecule has 0 aromatic rings. The Labute approximate surface area is 111 Å². The molecule has 1 saturated heterocycles. The van der Waals surface area contributed by atoms with Gasteiger partial charge in [-0.1, -0.05) is 20.8 Å². The monoisotopic (exact) mass is 252 g/mol. The van der Waals surface area contributed by atoms with Crippen molar-refractivity contribution in [2.75, 3.05) is 13.1 Å². The normalized spacial score (nSPS) is 31.9. The van der Waals surface area contributed by atoms with Crippen LogP contribution < -0.4 is 5.32 Å². The van der Waals surface area contributed by atoms with Gasteiger partial charge in [0.1, 0.15) is 0 Å². The molecule has 3 heteroatoms. The van der Waals surface area contributed by atoms with Crippen LogP contribution >= 0.6 is 0 Å². The first-order chi connectivity index (χ1) is 8.53. The molecular formula is C15H28N2O. The number of rotatable bonds is 4. The van der Waals surface area contributed by atoms with E-state index >= 15 is 0 Å². The molecule has 0 radical (unpaired) electrons. The summed E-state index contributed by atoms with van der Waals surface area (Å²) in [5, 5.41) is 3.40. The van der Waals surface area contributed by atoms with Gasteiger partial charge < -0.3 is 10.2 Å². The molecule has 1 aliphatic heterocycles. The summed E-state index contributed by atoms with van der Waals surface area (Å²) < 4.78 is 0. The Morgan fingerprint density at radius 3 is 2.78 bits per heavy atom. The van der Waals surface area contributed by atoms with Crippen LogP contribution in [-0.2, 0) is 4.79 Å². The molecule has 104 valence electrons. The third-order valence-electron chi connectivity index (χ3n) is 4.50. The van der Waals surface area contributed by atoms with E-state index in [0.717, 1.165) is 32.4 Å². The highest BCUT2D eigenvalue weighted by Crippen LogP contribution is 2.40. The van der Waals surface area contributed by atoms with Gasteiger partial charge in [-0.15, -0.1) is 0 Å². The Morgan fingerprint density at radius 1 is 1.39 bits per heavy atom. The minimum atomic E-state index is 0.0856. The zero-order valence-corrected chi connectivity index (χ0v) is 12.2. The molecule has 3 nitrogen and oxygen atoms in total. The van der Waals surface area contributed by atoms with Crippen LogP contribution in [0.4, 0.5) is 0 Å². The number of hydrogen-bond acceptors (Lipinski definition) is 2. The second-order valence-corrected chi connectivity index (χ2v) is 6.74. The predicted molar refractivity (Wildman–Crippen MR) is 74.4 cm³/mol. The van der Waals surface area contributed by atoms with Gasteiger partial charge in [0.05, 0.1) is 6.04 Å². The van der Waals surface area contributed by atoms with Crippen LogP contribution in [0.2, 0.25) is 0 Å². The van der Waals surface area contributed by atoms with Gasteiger partial charge in [0.2, 0.25) is 5.91 Å². The number of hydrogen-bond donors (Lipinski definition) is 1. The molecule has 0 aromatic heterocycles. The average molecular weight is 252 g/mol. The standard InChI is InChI=1S/C15H28N2O/c1-4-9-16-13-6-5-10-17(14(13)18)12-7-8-15(2,3)11-12/h12-13,16H,4-11H2,1-3H3. The van der Waals surface area contributed by atoms with Gasteiger partial charge in [0, 0.05) is 12.6 Å². The molecule has 0 spiro atoms. The molecule has 0 bridgehead atoms. The van der Waals surface area contributed by atoms with E-state index in [1.807, 2.05) is 0 Å². The molecule has 1 aliphatic carbocycles. The zero-order valence-electron chi connectivity index (χ0n) is 12.2. The Bertz CT molecular complexity index is 301. The van der Waals surface area contributed by atoms with E-state index in [2.05, 4.69) is 31.0 Å². The van der Waals surface area contributed by atoms with Crippen LogP contribution in [0.15, 0.2) is 0 Å². The van der Waals surface area contributed by atoms with Gasteiger partial charge in [0.15, 0.2) is 0 Å². The van der Waals surface area contributed by atoms with Crippen molar-refractivity contribution >= 4 is 5.91 Å². The third kappa shape index (κ3) is 3.05. The Kier molecular flexibility index (Phi) is 4.31. The largest absolute Gasteiger partial charge is 0.338 e. The topological polar surface area (TPSA) is 32.3 Å². The number of likely N-dealkylation sites (tertiary alicyclic amines) is 1. The molecule has 2 rings (SSSR count). The second-order valence-electron chi connectivity index (χ2n) is 6.74. The van der Waals surface area contributed by atoms with Gasteiger partial charge in [-0.2, -0.15) is 0 Å². The number of nitrogens with zero attached hydrogens (tertiary/aromatic N) is 1. The van der Waals surface area contributed by atoms with Crippen molar-refractivity contribution in [3.05, 3.63) is 0 Å². The lowest BCUT2D eigenvalue weighted by Gasteiger charge is -2.37. The van der Waals surface area contributed by atoms with Crippen LogP contribution in [0.5, 0.6) is 0 Å². The maximum atomic E-state index is 12.5. The fourth-order valence-corrected chi connectivity index (χ4v) is 3.44. The van der Waals surface area contributed by atoms with E-state index < -0.39 is 0 Å². The highest BCUT2D eigenvalue weighted by atomic mass is 16.2. The summed E-state index contributed by atoms with van der Waals surface area (Å²) in [6.07, 6.45) is 6.91. The lowest BCUT2D eigenvalue weighted by Crippen LogP contribution is -2.53. The molecule has 1 heterocycles. The first-order valence-electron chi connectivity index (χ1n) is 7.57. The van der Waals surface area contributed by atoms with Gasteiger partial charge in [-0.3, -0.25) is 4.79 Å². The fourth-order valence-electron chi connectivity index (χ4n) is 3.44. The number of amides is 1. The van der Waals surface area contributed by atoms with Crippen LogP contribution in [0.3, 0.4) is 0 Å². The van der Waals surface area contributed by atoms with Crippen molar-refractivity contribution in [2.45, 2.75) is 71.4 Å².